The van der Waals surface area contributed by atoms with E-state index in [4.69, 9.17) is 10.5 Å². The summed E-state index contributed by atoms with van der Waals surface area (Å²) in [6.45, 7) is 9.26. The molecule has 1 unspecified atom stereocenters. The summed E-state index contributed by atoms with van der Waals surface area (Å²) in [6.07, 6.45) is 2.46. The van der Waals surface area contributed by atoms with Crippen molar-refractivity contribution in [2.75, 3.05) is 6.61 Å². The van der Waals surface area contributed by atoms with Crippen LogP contribution in [-0.4, -0.2) is 22.4 Å². The van der Waals surface area contributed by atoms with Gasteiger partial charge in [0.1, 0.15) is 12.4 Å². The molecule has 0 saturated heterocycles. The van der Waals surface area contributed by atoms with E-state index in [1.165, 1.54) is 10.7 Å². The standard InChI is InChI=1S/C13H23N3O2/c1-10(14)9-18-11-7-12(17)16(15-8-11)6-5-13(2,3)4/h7-8,10H,5-6,9,14H2,1-4H3. The lowest BCUT2D eigenvalue weighted by Gasteiger charge is -2.18. The van der Waals surface area contributed by atoms with E-state index in [1.807, 2.05) is 6.92 Å². The van der Waals surface area contributed by atoms with Crippen LogP contribution in [0.4, 0.5) is 0 Å². The van der Waals surface area contributed by atoms with Gasteiger partial charge >= 0.3 is 0 Å². The van der Waals surface area contributed by atoms with Crippen LogP contribution in [-0.2, 0) is 6.54 Å². The first-order valence-electron chi connectivity index (χ1n) is 6.23. The molecule has 0 radical (unpaired) electrons. The maximum Gasteiger partial charge on any atom is 0.270 e. The van der Waals surface area contributed by atoms with E-state index in [9.17, 15) is 4.79 Å². The van der Waals surface area contributed by atoms with Crippen LogP contribution in [0.3, 0.4) is 0 Å². The molecule has 5 nitrogen and oxygen atoms in total. The summed E-state index contributed by atoms with van der Waals surface area (Å²) >= 11 is 0. The molecule has 102 valence electrons. The van der Waals surface area contributed by atoms with Crippen LogP contribution in [0.2, 0.25) is 0 Å². The van der Waals surface area contributed by atoms with Gasteiger partial charge in [-0.25, -0.2) is 4.68 Å². The van der Waals surface area contributed by atoms with Crippen molar-refractivity contribution < 1.29 is 4.74 Å². The SMILES string of the molecule is CC(N)COc1cnn(CCC(C)(C)C)c(=O)c1. The lowest BCUT2D eigenvalue weighted by molar-refractivity contribution is 0.290. The molecular formula is C13H23N3O2. The largest absolute Gasteiger partial charge is 0.490 e. The summed E-state index contributed by atoms with van der Waals surface area (Å²) < 4.78 is 6.81. The minimum atomic E-state index is -0.138. The molecule has 2 N–H and O–H groups in total. The smallest absolute Gasteiger partial charge is 0.270 e. The topological polar surface area (TPSA) is 70.1 Å². The molecule has 18 heavy (non-hydrogen) atoms. The number of ether oxygens (including phenoxy) is 1. The molecule has 5 heteroatoms. The van der Waals surface area contributed by atoms with Gasteiger partial charge in [0.2, 0.25) is 0 Å². The van der Waals surface area contributed by atoms with Gasteiger partial charge in [-0.05, 0) is 18.8 Å². The van der Waals surface area contributed by atoms with Crippen LogP contribution in [0.5, 0.6) is 5.75 Å². The monoisotopic (exact) mass is 253 g/mol. The third kappa shape index (κ3) is 5.31. The van der Waals surface area contributed by atoms with Gasteiger partial charge < -0.3 is 10.5 Å². The second-order valence-corrected chi connectivity index (χ2v) is 5.85. The average Bonchev–Trinajstić information content (AvgIpc) is 2.23. The predicted octanol–water partition coefficient (Wildman–Crippen LogP) is 1.41. The van der Waals surface area contributed by atoms with Crippen LogP contribution in [0, 0.1) is 5.41 Å². The van der Waals surface area contributed by atoms with Gasteiger partial charge in [0.05, 0.1) is 6.20 Å². The van der Waals surface area contributed by atoms with Crippen molar-refractivity contribution in [1.29, 1.82) is 0 Å². The van der Waals surface area contributed by atoms with Gasteiger partial charge in [-0.1, -0.05) is 20.8 Å². The van der Waals surface area contributed by atoms with E-state index >= 15 is 0 Å². The number of hydrogen-bond donors (Lipinski definition) is 1. The third-order valence-electron chi connectivity index (χ3n) is 2.43. The molecule has 0 bridgehead atoms. The highest BCUT2D eigenvalue weighted by molar-refractivity contribution is 5.13. The maximum atomic E-state index is 11.8. The number of aromatic nitrogens is 2. The van der Waals surface area contributed by atoms with Crippen LogP contribution >= 0.6 is 0 Å². The second kappa shape index (κ2) is 6.00. The van der Waals surface area contributed by atoms with Crippen molar-refractivity contribution in [3.05, 3.63) is 22.6 Å². The molecule has 1 heterocycles. The molecular weight excluding hydrogens is 230 g/mol. The van der Waals surface area contributed by atoms with E-state index in [-0.39, 0.29) is 17.0 Å². The first-order valence-corrected chi connectivity index (χ1v) is 6.23. The summed E-state index contributed by atoms with van der Waals surface area (Å²) in [7, 11) is 0. The van der Waals surface area contributed by atoms with E-state index in [2.05, 4.69) is 25.9 Å². The van der Waals surface area contributed by atoms with E-state index in [0.717, 1.165) is 6.42 Å². The van der Waals surface area contributed by atoms with E-state index < -0.39 is 0 Å². The molecule has 1 aromatic rings. The quantitative estimate of drug-likeness (QED) is 0.861. The first kappa shape index (κ1) is 14.7. The zero-order valence-corrected chi connectivity index (χ0v) is 11.6. The molecule has 1 atom stereocenters. The molecule has 0 aliphatic heterocycles. The molecule has 0 saturated carbocycles. The molecule has 0 aromatic carbocycles. The third-order valence-corrected chi connectivity index (χ3v) is 2.43. The highest BCUT2D eigenvalue weighted by Gasteiger charge is 2.11. The van der Waals surface area contributed by atoms with Gasteiger partial charge in [0.15, 0.2) is 0 Å². The van der Waals surface area contributed by atoms with Crippen LogP contribution in [0.15, 0.2) is 17.1 Å². The summed E-state index contributed by atoms with van der Waals surface area (Å²) in [5.41, 5.74) is 5.62. The Morgan fingerprint density at radius 3 is 2.67 bits per heavy atom. The first-order chi connectivity index (χ1) is 8.28. The molecule has 0 aliphatic carbocycles. The fraction of sp³-hybridized carbons (Fsp3) is 0.692. The fourth-order valence-corrected chi connectivity index (χ4v) is 1.33. The molecule has 0 aliphatic rings. The lowest BCUT2D eigenvalue weighted by atomic mass is 9.92. The van der Waals surface area contributed by atoms with Crippen molar-refractivity contribution >= 4 is 0 Å². The van der Waals surface area contributed by atoms with E-state index in [0.29, 0.717) is 18.9 Å². The lowest BCUT2D eigenvalue weighted by Crippen LogP contribution is -2.26. The number of nitrogens with zero attached hydrogens (tertiary/aromatic N) is 2. The summed E-state index contributed by atoms with van der Waals surface area (Å²) in [5, 5.41) is 4.10. The summed E-state index contributed by atoms with van der Waals surface area (Å²) in [4.78, 5) is 11.8. The van der Waals surface area contributed by atoms with Gasteiger partial charge in [0.25, 0.3) is 5.56 Å². The van der Waals surface area contributed by atoms with Gasteiger partial charge in [-0.2, -0.15) is 5.10 Å². The predicted molar refractivity (Wildman–Crippen MR) is 71.7 cm³/mol. The highest BCUT2D eigenvalue weighted by atomic mass is 16.5. The van der Waals surface area contributed by atoms with E-state index in [1.54, 1.807) is 6.20 Å². The average molecular weight is 253 g/mol. The van der Waals surface area contributed by atoms with Crippen molar-refractivity contribution in [3.63, 3.8) is 0 Å². The Kier molecular flexibility index (Phi) is 4.90. The van der Waals surface area contributed by atoms with Crippen LogP contribution in [0.25, 0.3) is 0 Å². The number of hydrogen-bond acceptors (Lipinski definition) is 4. The number of rotatable bonds is 5. The number of aryl methyl sites for hydroxylation is 1. The Morgan fingerprint density at radius 2 is 2.17 bits per heavy atom. The van der Waals surface area contributed by atoms with Gasteiger partial charge in [-0.3, -0.25) is 4.79 Å². The Balaban J connectivity index is 2.65. The molecule has 0 amide bonds. The van der Waals surface area contributed by atoms with Crippen molar-refractivity contribution in [2.24, 2.45) is 11.1 Å². The molecule has 0 fully saturated rings. The number of nitrogens with two attached hydrogens (primary N) is 1. The Morgan fingerprint density at radius 1 is 1.50 bits per heavy atom. The maximum absolute atomic E-state index is 11.8. The van der Waals surface area contributed by atoms with Crippen molar-refractivity contribution in [1.82, 2.24) is 9.78 Å². The van der Waals surface area contributed by atoms with Crippen molar-refractivity contribution in [3.8, 4) is 5.75 Å². The minimum absolute atomic E-state index is 0.0617. The Bertz CT molecular complexity index is 433. The Labute approximate surface area is 108 Å². The normalized spacial score (nSPS) is 13.4. The second-order valence-electron chi connectivity index (χ2n) is 5.85. The summed E-state index contributed by atoms with van der Waals surface area (Å²) in [5.74, 6) is 0.476. The van der Waals surface area contributed by atoms with Crippen LogP contribution < -0.4 is 16.0 Å². The summed E-state index contributed by atoms with van der Waals surface area (Å²) in [6, 6.07) is 1.39. The fourth-order valence-electron chi connectivity index (χ4n) is 1.33. The highest BCUT2D eigenvalue weighted by Crippen LogP contribution is 2.18. The molecule has 1 aromatic heterocycles. The molecule has 0 spiro atoms. The minimum Gasteiger partial charge on any atom is -0.490 e. The molecule has 1 rings (SSSR count). The van der Waals surface area contributed by atoms with Gasteiger partial charge in [0, 0.05) is 18.7 Å². The Hall–Kier alpha value is -1.36. The zero-order valence-electron chi connectivity index (χ0n) is 11.6. The van der Waals surface area contributed by atoms with Crippen molar-refractivity contribution in [2.45, 2.75) is 46.7 Å². The zero-order chi connectivity index (χ0) is 13.8. The van der Waals surface area contributed by atoms with Crippen LogP contribution in [0.1, 0.15) is 34.1 Å². The van der Waals surface area contributed by atoms with Gasteiger partial charge in [-0.15, -0.1) is 0 Å².